The normalized spacial score (nSPS) is 22.6. The molecule has 0 aliphatic carbocycles. The van der Waals surface area contributed by atoms with E-state index in [1.54, 1.807) is 6.92 Å². The van der Waals surface area contributed by atoms with Gasteiger partial charge in [0.25, 0.3) is 0 Å². The molecule has 1 heterocycles. The van der Waals surface area contributed by atoms with Gasteiger partial charge in [-0.05, 0) is 19.8 Å². The molecule has 1 rings (SSSR count). The van der Waals surface area contributed by atoms with Gasteiger partial charge in [0.1, 0.15) is 6.23 Å². The quantitative estimate of drug-likeness (QED) is 0.660. The summed E-state index contributed by atoms with van der Waals surface area (Å²) in [4.78, 5) is 12.9. The van der Waals surface area contributed by atoms with Crippen molar-refractivity contribution in [3.05, 3.63) is 0 Å². The second kappa shape index (κ2) is 5.98. The number of ether oxygens (including phenoxy) is 1. The van der Waals surface area contributed by atoms with Crippen LogP contribution >= 0.6 is 0 Å². The van der Waals surface area contributed by atoms with Crippen LogP contribution in [0.4, 0.5) is 0 Å². The fourth-order valence-corrected chi connectivity index (χ4v) is 1.63. The maximum atomic E-state index is 10.6. The summed E-state index contributed by atoms with van der Waals surface area (Å²) in [5.41, 5.74) is 0. The molecule has 0 saturated carbocycles. The smallest absolute Gasteiger partial charge is 0.216 e. The minimum absolute atomic E-state index is 0.0582. The minimum Gasteiger partial charge on any atom is -0.362 e. The van der Waals surface area contributed by atoms with Crippen molar-refractivity contribution in [2.75, 3.05) is 26.2 Å². The Morgan fingerprint density at radius 1 is 1.57 bits per heavy atom. The highest BCUT2D eigenvalue weighted by Gasteiger charge is 2.19. The van der Waals surface area contributed by atoms with Gasteiger partial charge in [-0.2, -0.15) is 0 Å². The van der Waals surface area contributed by atoms with Gasteiger partial charge in [-0.3, -0.25) is 9.69 Å². The molecule has 0 aromatic rings. The lowest BCUT2D eigenvalue weighted by molar-refractivity contribution is -0.118. The van der Waals surface area contributed by atoms with Gasteiger partial charge in [0, 0.05) is 26.6 Å². The SMILES string of the molecule is CC(=O)NCCCCN1CCOC1C. The van der Waals surface area contributed by atoms with E-state index in [9.17, 15) is 4.79 Å². The Morgan fingerprint density at radius 3 is 2.93 bits per heavy atom. The van der Waals surface area contributed by atoms with Crippen LogP contribution in [0.5, 0.6) is 0 Å². The van der Waals surface area contributed by atoms with Crippen LogP contribution in [0, 0.1) is 0 Å². The van der Waals surface area contributed by atoms with Crippen LogP contribution < -0.4 is 5.32 Å². The first-order valence-electron chi connectivity index (χ1n) is 5.30. The van der Waals surface area contributed by atoms with E-state index in [2.05, 4.69) is 17.1 Å². The van der Waals surface area contributed by atoms with E-state index >= 15 is 0 Å². The molecule has 82 valence electrons. The highest BCUT2D eigenvalue weighted by Crippen LogP contribution is 2.09. The third-order valence-electron chi connectivity index (χ3n) is 2.50. The number of hydrogen-bond acceptors (Lipinski definition) is 3. The molecular formula is C10H20N2O2. The average Bonchev–Trinajstić information content (AvgIpc) is 2.51. The fourth-order valence-electron chi connectivity index (χ4n) is 1.63. The Bertz CT molecular complexity index is 185. The first kappa shape index (κ1) is 11.5. The van der Waals surface area contributed by atoms with Crippen molar-refractivity contribution in [2.24, 2.45) is 0 Å². The second-order valence-electron chi connectivity index (χ2n) is 3.70. The third-order valence-corrected chi connectivity index (χ3v) is 2.50. The van der Waals surface area contributed by atoms with E-state index in [0.717, 1.165) is 39.1 Å². The Kier molecular flexibility index (Phi) is 4.90. The third kappa shape index (κ3) is 4.07. The van der Waals surface area contributed by atoms with Gasteiger partial charge in [-0.15, -0.1) is 0 Å². The van der Waals surface area contributed by atoms with Crippen LogP contribution in [-0.4, -0.2) is 43.3 Å². The molecule has 14 heavy (non-hydrogen) atoms. The van der Waals surface area contributed by atoms with Crippen molar-refractivity contribution in [1.82, 2.24) is 10.2 Å². The summed E-state index contributed by atoms with van der Waals surface area (Å²) in [6, 6.07) is 0. The van der Waals surface area contributed by atoms with Gasteiger partial charge in [0.05, 0.1) is 6.61 Å². The van der Waals surface area contributed by atoms with Gasteiger partial charge in [-0.25, -0.2) is 0 Å². The van der Waals surface area contributed by atoms with E-state index in [0.29, 0.717) is 0 Å². The van der Waals surface area contributed by atoms with Crippen molar-refractivity contribution >= 4 is 5.91 Å². The summed E-state index contributed by atoms with van der Waals surface area (Å²) >= 11 is 0. The topological polar surface area (TPSA) is 41.6 Å². The molecule has 0 spiro atoms. The maximum Gasteiger partial charge on any atom is 0.216 e. The number of rotatable bonds is 5. The van der Waals surface area contributed by atoms with Gasteiger partial charge >= 0.3 is 0 Å². The molecule has 0 bridgehead atoms. The summed E-state index contributed by atoms with van der Waals surface area (Å²) in [6.07, 6.45) is 2.44. The van der Waals surface area contributed by atoms with E-state index < -0.39 is 0 Å². The van der Waals surface area contributed by atoms with E-state index in [1.807, 2.05) is 0 Å². The van der Waals surface area contributed by atoms with Gasteiger partial charge < -0.3 is 10.1 Å². The van der Waals surface area contributed by atoms with Crippen LogP contribution in [0.15, 0.2) is 0 Å². The molecule has 1 saturated heterocycles. The zero-order valence-electron chi connectivity index (χ0n) is 9.08. The maximum absolute atomic E-state index is 10.6. The lowest BCUT2D eigenvalue weighted by atomic mass is 10.3. The Hall–Kier alpha value is -0.610. The van der Waals surface area contributed by atoms with Crippen molar-refractivity contribution < 1.29 is 9.53 Å². The highest BCUT2D eigenvalue weighted by atomic mass is 16.5. The monoisotopic (exact) mass is 200 g/mol. The first-order valence-corrected chi connectivity index (χ1v) is 5.30. The predicted octanol–water partition coefficient (Wildman–Crippen LogP) is 0.581. The van der Waals surface area contributed by atoms with Crippen LogP contribution in [0.3, 0.4) is 0 Å². The molecular weight excluding hydrogens is 180 g/mol. The highest BCUT2D eigenvalue weighted by molar-refractivity contribution is 5.72. The molecule has 1 fully saturated rings. The molecule has 0 aromatic heterocycles. The number of hydrogen-bond donors (Lipinski definition) is 1. The molecule has 1 unspecified atom stereocenters. The number of nitrogens with zero attached hydrogens (tertiary/aromatic N) is 1. The molecule has 1 N–H and O–H groups in total. The summed E-state index contributed by atoms with van der Waals surface area (Å²) in [7, 11) is 0. The Labute approximate surface area is 85.6 Å². The lowest BCUT2D eigenvalue weighted by Crippen LogP contribution is -2.29. The summed E-state index contributed by atoms with van der Waals surface area (Å²) < 4.78 is 5.42. The number of amides is 1. The Morgan fingerprint density at radius 2 is 2.36 bits per heavy atom. The first-order chi connectivity index (χ1) is 6.70. The van der Waals surface area contributed by atoms with Crippen LogP contribution in [-0.2, 0) is 9.53 Å². The van der Waals surface area contributed by atoms with Crippen molar-refractivity contribution in [3.8, 4) is 0 Å². The predicted molar refractivity (Wildman–Crippen MR) is 54.9 cm³/mol. The summed E-state index contributed by atoms with van der Waals surface area (Å²) in [5, 5.41) is 2.79. The molecule has 1 aliphatic rings. The van der Waals surface area contributed by atoms with Crippen molar-refractivity contribution in [2.45, 2.75) is 32.9 Å². The van der Waals surface area contributed by atoms with Crippen LogP contribution in [0.1, 0.15) is 26.7 Å². The van der Waals surface area contributed by atoms with Gasteiger partial charge in [0.15, 0.2) is 0 Å². The minimum atomic E-state index is 0.0582. The molecule has 1 atom stereocenters. The molecule has 4 heteroatoms. The molecule has 1 aliphatic heterocycles. The van der Waals surface area contributed by atoms with Crippen LogP contribution in [0.25, 0.3) is 0 Å². The molecule has 1 amide bonds. The molecule has 4 nitrogen and oxygen atoms in total. The van der Waals surface area contributed by atoms with Gasteiger partial charge in [0.2, 0.25) is 5.91 Å². The second-order valence-corrected chi connectivity index (χ2v) is 3.70. The fraction of sp³-hybridized carbons (Fsp3) is 0.900. The van der Waals surface area contributed by atoms with E-state index in [1.165, 1.54) is 0 Å². The van der Waals surface area contributed by atoms with E-state index in [4.69, 9.17) is 4.74 Å². The number of nitrogens with one attached hydrogen (secondary N) is 1. The molecule has 0 radical (unpaired) electrons. The number of unbranched alkanes of at least 4 members (excludes halogenated alkanes) is 1. The lowest BCUT2D eigenvalue weighted by Gasteiger charge is -2.18. The van der Waals surface area contributed by atoms with Crippen molar-refractivity contribution in [3.63, 3.8) is 0 Å². The standard InChI is InChI=1S/C10H20N2O2/c1-9(13)11-5-3-4-6-12-7-8-14-10(12)2/h10H,3-8H2,1-2H3,(H,11,13). The number of carbonyl (C=O) groups is 1. The van der Waals surface area contributed by atoms with E-state index in [-0.39, 0.29) is 12.1 Å². The summed E-state index contributed by atoms with van der Waals surface area (Å²) in [6.45, 7) is 7.39. The zero-order valence-corrected chi connectivity index (χ0v) is 9.08. The Balaban J connectivity index is 1.95. The summed E-state index contributed by atoms with van der Waals surface area (Å²) in [5.74, 6) is 0.0582. The van der Waals surface area contributed by atoms with Crippen molar-refractivity contribution in [1.29, 1.82) is 0 Å². The van der Waals surface area contributed by atoms with Crippen LogP contribution in [0.2, 0.25) is 0 Å². The average molecular weight is 200 g/mol. The molecule has 0 aromatic carbocycles. The number of carbonyl (C=O) groups excluding carboxylic acids is 1. The zero-order chi connectivity index (χ0) is 10.4. The van der Waals surface area contributed by atoms with Gasteiger partial charge in [-0.1, -0.05) is 0 Å². The largest absolute Gasteiger partial charge is 0.362 e.